The molecule has 0 radical (unpaired) electrons. The Morgan fingerprint density at radius 3 is 2.61 bits per heavy atom. The van der Waals surface area contributed by atoms with Crippen molar-refractivity contribution in [3.05, 3.63) is 64.0 Å². The van der Waals surface area contributed by atoms with Crippen LogP contribution in [0.2, 0.25) is 5.02 Å². The van der Waals surface area contributed by atoms with Crippen LogP contribution in [-0.2, 0) is 11.3 Å². The van der Waals surface area contributed by atoms with Crippen LogP contribution in [0.4, 0.5) is 11.4 Å². The Hall–Kier alpha value is -2.51. The molecule has 8 heteroatoms. The van der Waals surface area contributed by atoms with Crippen molar-refractivity contribution in [3.63, 3.8) is 0 Å². The molecule has 6 nitrogen and oxygen atoms in total. The van der Waals surface area contributed by atoms with Crippen LogP contribution >= 0.6 is 23.4 Å². The smallest absolute Gasteiger partial charge is 0.277 e. The average molecular weight is 417 g/mol. The molecule has 3 rings (SSSR count). The molecule has 0 unspecified atom stereocenters. The number of aryl methyl sites for hydroxylation is 3. The van der Waals surface area contributed by atoms with E-state index in [1.807, 2.05) is 51.1 Å². The summed E-state index contributed by atoms with van der Waals surface area (Å²) in [6.45, 7) is 6.39. The molecular weight excluding hydrogens is 396 g/mol. The van der Waals surface area contributed by atoms with Crippen molar-refractivity contribution in [1.29, 1.82) is 0 Å². The molecule has 0 atom stereocenters. The highest BCUT2D eigenvalue weighted by Gasteiger charge is 2.12. The lowest BCUT2D eigenvalue weighted by Crippen LogP contribution is -2.15. The number of hydrogen-bond acceptors (Lipinski definition) is 6. The van der Waals surface area contributed by atoms with Crippen molar-refractivity contribution in [2.75, 3.05) is 16.4 Å². The number of rotatable bonds is 7. The zero-order chi connectivity index (χ0) is 20.1. The maximum absolute atomic E-state index is 12.3. The first kappa shape index (κ1) is 20.2. The van der Waals surface area contributed by atoms with Gasteiger partial charge in [0, 0.05) is 16.4 Å². The van der Waals surface area contributed by atoms with Crippen molar-refractivity contribution in [1.82, 2.24) is 10.2 Å². The minimum Gasteiger partial charge on any atom is -0.414 e. The highest BCUT2D eigenvalue weighted by Crippen LogP contribution is 2.23. The molecule has 0 saturated heterocycles. The number of halogens is 1. The predicted molar refractivity (Wildman–Crippen MR) is 113 cm³/mol. The Morgan fingerprint density at radius 1 is 1.14 bits per heavy atom. The van der Waals surface area contributed by atoms with Gasteiger partial charge < -0.3 is 15.1 Å². The summed E-state index contributed by atoms with van der Waals surface area (Å²) >= 11 is 7.16. The van der Waals surface area contributed by atoms with Crippen LogP contribution in [0.3, 0.4) is 0 Å². The molecule has 0 saturated carbocycles. The van der Waals surface area contributed by atoms with Crippen molar-refractivity contribution in [2.45, 2.75) is 32.5 Å². The zero-order valence-corrected chi connectivity index (χ0v) is 17.4. The molecule has 2 aromatic carbocycles. The normalized spacial score (nSPS) is 10.7. The predicted octanol–water partition coefficient (Wildman–Crippen LogP) is 4.99. The lowest BCUT2D eigenvalue weighted by Gasteiger charge is -2.12. The minimum absolute atomic E-state index is 0.114. The number of nitrogens with zero attached hydrogens (tertiary/aromatic N) is 2. The third-order valence-corrected chi connectivity index (χ3v) is 5.04. The Morgan fingerprint density at radius 2 is 1.89 bits per heavy atom. The molecular formula is C20H21ClN4O2S. The van der Waals surface area contributed by atoms with Gasteiger partial charge in [-0.1, -0.05) is 47.1 Å². The van der Waals surface area contributed by atoms with Gasteiger partial charge in [-0.3, -0.25) is 4.79 Å². The van der Waals surface area contributed by atoms with E-state index in [0.717, 1.165) is 22.5 Å². The van der Waals surface area contributed by atoms with Gasteiger partial charge in [0.25, 0.3) is 5.22 Å². The van der Waals surface area contributed by atoms with Crippen LogP contribution in [-0.4, -0.2) is 21.9 Å². The summed E-state index contributed by atoms with van der Waals surface area (Å²) in [5, 5.41) is 15.1. The van der Waals surface area contributed by atoms with E-state index in [9.17, 15) is 4.79 Å². The van der Waals surface area contributed by atoms with Crippen molar-refractivity contribution in [3.8, 4) is 0 Å². The fourth-order valence-corrected chi connectivity index (χ4v) is 3.59. The highest BCUT2D eigenvalue weighted by atomic mass is 35.5. The second kappa shape index (κ2) is 9.12. The molecule has 0 aliphatic rings. The van der Waals surface area contributed by atoms with Crippen molar-refractivity contribution >= 4 is 40.6 Å². The first-order valence-electron chi connectivity index (χ1n) is 8.73. The van der Waals surface area contributed by atoms with Crippen LogP contribution in [0.15, 0.2) is 46.0 Å². The second-order valence-corrected chi connectivity index (χ2v) is 7.80. The summed E-state index contributed by atoms with van der Waals surface area (Å²) in [5.41, 5.74) is 4.98. The van der Waals surface area contributed by atoms with Crippen molar-refractivity contribution in [2.24, 2.45) is 0 Å². The number of amides is 1. The van der Waals surface area contributed by atoms with E-state index in [4.69, 9.17) is 16.0 Å². The van der Waals surface area contributed by atoms with Gasteiger partial charge in [-0.25, -0.2) is 0 Å². The van der Waals surface area contributed by atoms with Gasteiger partial charge in [0.1, 0.15) is 0 Å². The first-order valence-corrected chi connectivity index (χ1v) is 10.1. The fraction of sp³-hybridized carbons (Fsp3) is 0.250. The Kier molecular flexibility index (Phi) is 6.59. The van der Waals surface area contributed by atoms with Gasteiger partial charge in [-0.2, -0.15) is 0 Å². The van der Waals surface area contributed by atoms with E-state index in [2.05, 4.69) is 20.8 Å². The summed E-state index contributed by atoms with van der Waals surface area (Å²) in [4.78, 5) is 12.3. The van der Waals surface area contributed by atoms with Gasteiger partial charge in [-0.05, 0) is 50.1 Å². The molecule has 1 aromatic heterocycles. The van der Waals surface area contributed by atoms with Crippen LogP contribution < -0.4 is 10.6 Å². The maximum Gasteiger partial charge on any atom is 0.277 e. The van der Waals surface area contributed by atoms with E-state index in [1.54, 1.807) is 6.07 Å². The third-order valence-electron chi connectivity index (χ3n) is 3.98. The summed E-state index contributed by atoms with van der Waals surface area (Å²) in [7, 11) is 0. The molecule has 0 bridgehead atoms. The lowest BCUT2D eigenvalue weighted by atomic mass is 10.1. The van der Waals surface area contributed by atoms with Gasteiger partial charge in [0.2, 0.25) is 11.8 Å². The van der Waals surface area contributed by atoms with Crippen LogP contribution in [0, 0.1) is 20.8 Å². The number of carbonyl (C=O) groups excluding carboxylic acids is 1. The van der Waals surface area contributed by atoms with E-state index in [-0.39, 0.29) is 11.7 Å². The quantitative estimate of drug-likeness (QED) is 0.528. The summed E-state index contributed by atoms with van der Waals surface area (Å²) < 4.78 is 5.56. The Labute approximate surface area is 173 Å². The Bertz CT molecular complexity index is 967. The number of hydrogen-bond donors (Lipinski definition) is 2. The number of benzene rings is 2. The molecule has 0 aliphatic heterocycles. The molecule has 0 fully saturated rings. The van der Waals surface area contributed by atoms with Gasteiger partial charge in [0.15, 0.2) is 0 Å². The number of anilines is 2. The van der Waals surface area contributed by atoms with Crippen molar-refractivity contribution < 1.29 is 9.21 Å². The third kappa shape index (κ3) is 5.50. The molecule has 1 heterocycles. The molecule has 0 spiro atoms. The molecule has 1 amide bonds. The second-order valence-electron chi connectivity index (χ2n) is 6.44. The number of thioether (sulfide) groups is 1. The molecule has 3 aromatic rings. The minimum atomic E-state index is -0.114. The Balaban J connectivity index is 1.51. The monoisotopic (exact) mass is 416 g/mol. The van der Waals surface area contributed by atoms with Crippen LogP contribution in [0.25, 0.3) is 0 Å². The van der Waals surface area contributed by atoms with E-state index in [0.29, 0.717) is 22.7 Å². The summed E-state index contributed by atoms with van der Waals surface area (Å²) in [5.74, 6) is 0.515. The number of aromatic nitrogens is 2. The van der Waals surface area contributed by atoms with Gasteiger partial charge in [0.05, 0.1) is 12.3 Å². The summed E-state index contributed by atoms with van der Waals surface area (Å²) in [6.07, 6.45) is 0. The molecule has 0 aliphatic carbocycles. The standard InChI is InChI=1S/C20H21ClN4O2S/c1-12-7-13(2)19(14(3)8-12)23-17(26)11-28-20-25-24-18(27-20)10-22-16-6-4-5-15(21)9-16/h4-9,22H,10-11H2,1-3H3,(H,23,26). The topological polar surface area (TPSA) is 80.0 Å². The SMILES string of the molecule is Cc1cc(C)c(NC(=O)CSc2nnc(CNc3cccc(Cl)c3)o2)c(C)c1. The van der Waals surface area contributed by atoms with Crippen LogP contribution in [0.5, 0.6) is 0 Å². The molecule has 28 heavy (non-hydrogen) atoms. The maximum atomic E-state index is 12.3. The van der Waals surface area contributed by atoms with E-state index >= 15 is 0 Å². The van der Waals surface area contributed by atoms with E-state index in [1.165, 1.54) is 17.3 Å². The molecule has 146 valence electrons. The van der Waals surface area contributed by atoms with Gasteiger partial charge in [-0.15, -0.1) is 10.2 Å². The number of carbonyl (C=O) groups is 1. The first-order chi connectivity index (χ1) is 13.4. The number of nitrogens with one attached hydrogen (secondary N) is 2. The average Bonchev–Trinajstić information content (AvgIpc) is 3.09. The fourth-order valence-electron chi connectivity index (χ4n) is 2.82. The molecule has 2 N–H and O–H groups in total. The summed E-state index contributed by atoms with van der Waals surface area (Å²) in [6, 6.07) is 11.5. The largest absolute Gasteiger partial charge is 0.414 e. The van der Waals surface area contributed by atoms with Crippen LogP contribution in [0.1, 0.15) is 22.6 Å². The zero-order valence-electron chi connectivity index (χ0n) is 15.9. The lowest BCUT2D eigenvalue weighted by molar-refractivity contribution is -0.113. The highest BCUT2D eigenvalue weighted by molar-refractivity contribution is 7.99. The van der Waals surface area contributed by atoms with E-state index < -0.39 is 0 Å². The van der Waals surface area contributed by atoms with Gasteiger partial charge >= 0.3 is 0 Å².